The van der Waals surface area contributed by atoms with Crippen LogP contribution in [0.15, 0.2) is 39.2 Å². The summed E-state index contributed by atoms with van der Waals surface area (Å²) in [6.07, 6.45) is 0. The van der Waals surface area contributed by atoms with Gasteiger partial charge in [0.2, 0.25) is 0 Å². The average molecular weight is 552 g/mol. The van der Waals surface area contributed by atoms with Gasteiger partial charge in [-0.3, -0.25) is 4.79 Å². The molecule has 14 heteroatoms. The predicted molar refractivity (Wildman–Crippen MR) is 130 cm³/mol. The maximum Gasteiger partial charge on any atom is 0.346 e. The number of benzene rings is 2. The molecule has 0 atom stereocenters. The summed E-state index contributed by atoms with van der Waals surface area (Å²) in [5.74, 6) is -5.32. The van der Waals surface area contributed by atoms with Crippen molar-refractivity contribution in [1.82, 2.24) is 9.55 Å². The lowest BCUT2D eigenvalue weighted by atomic mass is 10.2. The molecule has 200 valence electrons. The number of aromatic carboxylic acids is 1. The topological polar surface area (TPSA) is 129 Å². The summed E-state index contributed by atoms with van der Waals surface area (Å²) >= 11 is 0.720. The summed E-state index contributed by atoms with van der Waals surface area (Å²) in [7, 11) is 2.63. The number of halogens is 3. The molecule has 0 amide bonds. The molecule has 0 radical (unpaired) electrons. The van der Waals surface area contributed by atoms with Crippen LogP contribution in [-0.4, -0.2) is 48.1 Å². The second-order valence-electron chi connectivity index (χ2n) is 7.65. The van der Waals surface area contributed by atoms with Gasteiger partial charge in [-0.2, -0.15) is 0 Å². The molecule has 0 unspecified atom stereocenters. The van der Waals surface area contributed by atoms with E-state index in [-0.39, 0.29) is 51.8 Å². The summed E-state index contributed by atoms with van der Waals surface area (Å²) in [6.45, 7) is -0.394. The highest BCUT2D eigenvalue weighted by Gasteiger charge is 2.23. The van der Waals surface area contributed by atoms with E-state index in [1.54, 1.807) is 0 Å². The van der Waals surface area contributed by atoms with E-state index in [1.165, 1.54) is 25.7 Å². The van der Waals surface area contributed by atoms with Gasteiger partial charge in [-0.1, -0.05) is 0 Å². The monoisotopic (exact) mass is 552 g/mol. The van der Waals surface area contributed by atoms with Crippen LogP contribution < -0.4 is 25.5 Å². The predicted octanol–water partition coefficient (Wildman–Crippen LogP) is 3.47. The lowest BCUT2D eigenvalue weighted by molar-refractivity contribution is 0.0704. The van der Waals surface area contributed by atoms with Crippen molar-refractivity contribution in [2.24, 2.45) is 0 Å². The second-order valence-corrected chi connectivity index (χ2v) is 8.53. The number of aromatic nitrogens is 2. The molecule has 10 nitrogen and oxygen atoms in total. The Balaban J connectivity index is 1.79. The summed E-state index contributed by atoms with van der Waals surface area (Å²) in [6, 6.07) is 3.86. The molecule has 0 spiro atoms. The van der Waals surface area contributed by atoms with Crippen LogP contribution in [0.4, 0.5) is 13.2 Å². The fraction of sp³-hybridized carbons (Fsp3) is 0.208. The minimum Gasteiger partial charge on any atom is -0.493 e. The highest BCUT2D eigenvalue weighted by molar-refractivity contribution is 7.13. The molecule has 38 heavy (non-hydrogen) atoms. The van der Waals surface area contributed by atoms with E-state index in [0.717, 1.165) is 29.5 Å². The van der Waals surface area contributed by atoms with E-state index in [1.807, 2.05) is 0 Å². The summed E-state index contributed by atoms with van der Waals surface area (Å²) in [5, 5.41) is 10.4. The first-order chi connectivity index (χ1) is 18.2. The van der Waals surface area contributed by atoms with Crippen molar-refractivity contribution in [3.8, 4) is 22.9 Å². The first-order valence-electron chi connectivity index (χ1n) is 10.8. The van der Waals surface area contributed by atoms with Gasteiger partial charge in [0.05, 0.1) is 35.9 Å². The first kappa shape index (κ1) is 26.8. The number of methoxy groups -OCH3 is 2. The first-order valence-corrected chi connectivity index (χ1v) is 11.6. The normalized spacial score (nSPS) is 11.1. The van der Waals surface area contributed by atoms with Gasteiger partial charge >= 0.3 is 11.7 Å². The number of carboxylic acids is 1. The molecular weight excluding hydrogens is 533 g/mol. The van der Waals surface area contributed by atoms with Crippen LogP contribution in [-0.2, 0) is 11.3 Å². The van der Waals surface area contributed by atoms with E-state index >= 15 is 4.39 Å². The Morgan fingerprint density at radius 2 is 1.79 bits per heavy atom. The number of nitrogens with one attached hydrogen (secondary N) is 1. The lowest BCUT2D eigenvalue weighted by Crippen LogP contribution is -2.34. The highest BCUT2D eigenvalue weighted by Crippen LogP contribution is 2.34. The quantitative estimate of drug-likeness (QED) is 0.286. The third-order valence-electron chi connectivity index (χ3n) is 5.39. The van der Waals surface area contributed by atoms with E-state index in [2.05, 4.69) is 4.98 Å². The molecule has 4 aromatic rings. The van der Waals surface area contributed by atoms with Crippen LogP contribution in [0, 0.1) is 17.5 Å². The Morgan fingerprint density at radius 3 is 2.47 bits per heavy atom. The van der Waals surface area contributed by atoms with Crippen LogP contribution in [0.3, 0.4) is 0 Å². The molecular formula is C24H19F3N2O8S. The van der Waals surface area contributed by atoms with E-state index in [0.29, 0.717) is 4.57 Å². The number of H-pyrrole nitrogens is 1. The third-order valence-corrected chi connectivity index (χ3v) is 6.36. The smallest absolute Gasteiger partial charge is 0.346 e. The summed E-state index contributed by atoms with van der Waals surface area (Å²) in [4.78, 5) is 39.3. The number of carboxylic acid groups (broad SMARTS) is 1. The van der Waals surface area contributed by atoms with Crippen LogP contribution in [0.2, 0.25) is 0 Å². The van der Waals surface area contributed by atoms with Gasteiger partial charge in [0, 0.05) is 24.6 Å². The number of aromatic amines is 1. The molecule has 4 rings (SSSR count). The zero-order valence-corrected chi connectivity index (χ0v) is 20.6. The van der Waals surface area contributed by atoms with Gasteiger partial charge in [0.15, 0.2) is 29.0 Å². The van der Waals surface area contributed by atoms with Gasteiger partial charge in [0.1, 0.15) is 23.8 Å². The molecule has 0 saturated carbocycles. The lowest BCUT2D eigenvalue weighted by Gasteiger charge is -2.16. The van der Waals surface area contributed by atoms with Crippen LogP contribution in [0.1, 0.15) is 15.2 Å². The number of fused-ring (bicyclic) bond motifs is 1. The SMILES string of the molecule is COCCOc1ccc(F)c(F)c1COc1cc(-n2c(=O)[nH]c3csc(C(=O)O)c3c2=O)c(F)cc1OC. The molecule has 0 aliphatic carbocycles. The summed E-state index contributed by atoms with van der Waals surface area (Å²) < 4.78 is 65.0. The largest absolute Gasteiger partial charge is 0.493 e. The maximum atomic E-state index is 15.1. The van der Waals surface area contributed by atoms with Crippen molar-refractivity contribution < 1.29 is 42.0 Å². The standard InChI is InChI=1S/C24H19F3N2O8S/c1-34-5-6-36-16-4-3-12(25)20(27)11(16)9-37-18-8-15(13(26)7-17(18)35-2)29-22(30)19-14(28-24(29)33)10-38-21(19)23(31)32/h3-4,7-8,10H,5-6,9H2,1-2H3,(H,28,33)(H,31,32). The van der Waals surface area contributed by atoms with Gasteiger partial charge in [-0.15, -0.1) is 11.3 Å². The van der Waals surface area contributed by atoms with Gasteiger partial charge < -0.3 is 29.0 Å². The van der Waals surface area contributed by atoms with Crippen molar-refractivity contribution >= 4 is 28.2 Å². The van der Waals surface area contributed by atoms with Gasteiger partial charge in [-0.05, 0) is 12.1 Å². The van der Waals surface area contributed by atoms with Crippen LogP contribution in [0.5, 0.6) is 17.2 Å². The zero-order chi connectivity index (χ0) is 27.6. The number of thiophene rings is 1. The number of carbonyl (C=O) groups is 1. The zero-order valence-electron chi connectivity index (χ0n) is 19.8. The summed E-state index contributed by atoms with van der Waals surface area (Å²) in [5.41, 5.74) is -3.03. The maximum absolute atomic E-state index is 15.1. The fourth-order valence-electron chi connectivity index (χ4n) is 3.61. The fourth-order valence-corrected chi connectivity index (χ4v) is 4.44. The molecule has 0 bridgehead atoms. The Hall–Kier alpha value is -4.30. The number of rotatable bonds is 10. The molecule has 0 aliphatic rings. The molecule has 2 aromatic carbocycles. The van der Waals surface area contributed by atoms with Gasteiger partial charge in [-0.25, -0.2) is 27.3 Å². The van der Waals surface area contributed by atoms with Crippen molar-refractivity contribution in [1.29, 1.82) is 0 Å². The van der Waals surface area contributed by atoms with Crippen molar-refractivity contribution in [3.63, 3.8) is 0 Å². The molecule has 0 saturated heterocycles. The Kier molecular flexibility index (Phi) is 7.73. The van der Waals surface area contributed by atoms with Crippen molar-refractivity contribution in [3.05, 3.63) is 78.4 Å². The number of ether oxygens (including phenoxy) is 4. The molecule has 2 heterocycles. The van der Waals surface area contributed by atoms with Crippen molar-refractivity contribution in [2.45, 2.75) is 6.61 Å². The van der Waals surface area contributed by atoms with E-state index < -0.39 is 47.0 Å². The van der Waals surface area contributed by atoms with Crippen molar-refractivity contribution in [2.75, 3.05) is 27.4 Å². The van der Waals surface area contributed by atoms with Gasteiger partial charge in [0.25, 0.3) is 5.56 Å². The second kappa shape index (κ2) is 11.0. The molecule has 2 N–H and O–H groups in total. The number of nitrogens with zero attached hydrogens (tertiary/aromatic N) is 1. The Labute approximate surface area is 215 Å². The minimum absolute atomic E-state index is 0.0216. The highest BCUT2D eigenvalue weighted by atomic mass is 32.1. The molecule has 0 fully saturated rings. The van der Waals surface area contributed by atoms with E-state index in [9.17, 15) is 28.3 Å². The third kappa shape index (κ3) is 4.95. The Bertz CT molecular complexity index is 1650. The molecule has 0 aliphatic heterocycles. The number of hydrogen-bond acceptors (Lipinski definition) is 8. The minimum atomic E-state index is -1.40. The van der Waals surface area contributed by atoms with Crippen LogP contribution in [0.25, 0.3) is 16.6 Å². The van der Waals surface area contributed by atoms with Crippen LogP contribution >= 0.6 is 11.3 Å². The van der Waals surface area contributed by atoms with E-state index in [4.69, 9.17) is 18.9 Å². The molecule has 2 aromatic heterocycles. The Morgan fingerprint density at radius 1 is 1.03 bits per heavy atom. The number of hydrogen-bond donors (Lipinski definition) is 2. The average Bonchev–Trinajstić information content (AvgIpc) is 3.31.